The van der Waals surface area contributed by atoms with Crippen molar-refractivity contribution in [1.82, 2.24) is 4.31 Å². The number of hydrogen-bond acceptors (Lipinski definition) is 2. The smallest absolute Gasteiger partial charge is 0.264 e. The summed E-state index contributed by atoms with van der Waals surface area (Å²) in [5.41, 5.74) is 4.60. The lowest BCUT2D eigenvalue weighted by Crippen LogP contribution is -2.32. The third kappa shape index (κ3) is 7.70. The Hall–Kier alpha value is -2.07. The summed E-state index contributed by atoms with van der Waals surface area (Å²) in [4.78, 5) is 0.390. The Labute approximate surface area is 214 Å². The Morgan fingerprint density at radius 3 is 2.14 bits per heavy atom. The largest absolute Gasteiger partial charge is 0.266 e. The normalized spacial score (nSPS) is 15.6. The summed E-state index contributed by atoms with van der Waals surface area (Å²) in [5, 5.41) is 0. The number of benzene rings is 2. The van der Waals surface area contributed by atoms with Crippen LogP contribution in [0.4, 0.5) is 0 Å². The molecule has 0 amide bonds. The molecule has 0 aliphatic heterocycles. The van der Waals surface area contributed by atoms with Crippen molar-refractivity contribution in [3.05, 3.63) is 77.0 Å². The summed E-state index contributed by atoms with van der Waals surface area (Å²) >= 11 is 0. The second-order valence-corrected chi connectivity index (χ2v) is 12.0. The van der Waals surface area contributed by atoms with Crippen LogP contribution in [-0.2, 0) is 16.6 Å². The van der Waals surface area contributed by atoms with Crippen LogP contribution in [0, 0.1) is 12.8 Å². The molecule has 0 aromatic heterocycles. The van der Waals surface area contributed by atoms with Gasteiger partial charge in [0, 0.05) is 5.70 Å². The first-order valence-electron chi connectivity index (χ1n) is 13.8. The maximum Gasteiger partial charge on any atom is 0.264 e. The molecule has 3 rings (SSSR count). The van der Waals surface area contributed by atoms with Gasteiger partial charge in [0.15, 0.2) is 0 Å². The molecule has 0 radical (unpaired) electrons. The fourth-order valence-corrected chi connectivity index (χ4v) is 6.92. The highest BCUT2D eigenvalue weighted by Crippen LogP contribution is 2.38. The van der Waals surface area contributed by atoms with Gasteiger partial charge in [-0.2, -0.15) is 0 Å². The molecule has 0 heterocycles. The highest BCUT2D eigenvalue weighted by molar-refractivity contribution is 7.89. The average Bonchev–Trinajstić information content (AvgIpc) is 2.88. The van der Waals surface area contributed by atoms with Crippen molar-refractivity contribution < 1.29 is 8.42 Å². The lowest BCUT2D eigenvalue weighted by molar-refractivity contribution is 0.371. The Morgan fingerprint density at radius 1 is 0.829 bits per heavy atom. The third-order valence-corrected chi connectivity index (χ3v) is 9.13. The molecule has 1 fully saturated rings. The van der Waals surface area contributed by atoms with Crippen molar-refractivity contribution >= 4 is 10.0 Å². The van der Waals surface area contributed by atoms with Crippen LogP contribution in [0.5, 0.6) is 0 Å². The number of hydrogen-bond donors (Lipinski definition) is 0. The SMILES string of the molecule is CCCCCC/C(=C(/CCC)N(Cc1ccccc1)S(=O)(=O)c1ccc(C)cc1)C1CCCCC1. The van der Waals surface area contributed by atoms with E-state index in [1.807, 2.05) is 49.4 Å². The van der Waals surface area contributed by atoms with Crippen LogP contribution >= 0.6 is 0 Å². The number of allylic oxidation sites excluding steroid dienone is 2. The molecule has 0 spiro atoms. The van der Waals surface area contributed by atoms with Crippen LogP contribution in [0.25, 0.3) is 0 Å². The summed E-state index contributed by atoms with van der Waals surface area (Å²) in [6.07, 6.45) is 13.8. The molecule has 35 heavy (non-hydrogen) atoms. The van der Waals surface area contributed by atoms with Gasteiger partial charge in [-0.15, -0.1) is 0 Å². The minimum Gasteiger partial charge on any atom is -0.266 e. The first-order chi connectivity index (χ1) is 17.0. The molecule has 4 heteroatoms. The standard InChI is InChI=1S/C31H45NO2S/c1-4-6-7-14-20-30(28-18-12-9-13-19-28)31(15-5-2)32(25-27-16-10-8-11-17-27)35(33,34)29-23-21-26(3)22-24-29/h8,10-11,16-17,21-24,28H,4-7,9,12-15,18-20,25H2,1-3H3/b31-30+. The minimum atomic E-state index is -3.68. The van der Waals surface area contributed by atoms with E-state index >= 15 is 0 Å². The maximum atomic E-state index is 14.2. The van der Waals surface area contributed by atoms with Gasteiger partial charge in [-0.3, -0.25) is 4.31 Å². The first-order valence-corrected chi connectivity index (χ1v) is 15.3. The number of nitrogens with zero attached hydrogens (tertiary/aromatic N) is 1. The maximum absolute atomic E-state index is 14.2. The fraction of sp³-hybridized carbons (Fsp3) is 0.548. The molecule has 2 aromatic carbocycles. The lowest BCUT2D eigenvalue weighted by atomic mass is 9.80. The zero-order valence-corrected chi connectivity index (χ0v) is 23.0. The van der Waals surface area contributed by atoms with Gasteiger partial charge in [-0.25, -0.2) is 8.42 Å². The second kappa shape index (κ2) is 13.9. The Morgan fingerprint density at radius 2 is 1.51 bits per heavy atom. The molecule has 1 saturated carbocycles. The average molecular weight is 496 g/mol. The molecule has 0 atom stereocenters. The third-order valence-electron chi connectivity index (χ3n) is 7.33. The van der Waals surface area contributed by atoms with Crippen molar-refractivity contribution in [2.75, 3.05) is 0 Å². The van der Waals surface area contributed by atoms with E-state index in [-0.39, 0.29) is 0 Å². The Kier molecular flexibility index (Phi) is 10.9. The second-order valence-electron chi connectivity index (χ2n) is 10.2. The molecule has 1 aliphatic rings. The van der Waals surface area contributed by atoms with Gasteiger partial charge in [0.05, 0.1) is 11.4 Å². The van der Waals surface area contributed by atoms with Crippen LogP contribution in [-0.4, -0.2) is 12.7 Å². The fourth-order valence-electron chi connectivity index (χ4n) is 5.37. The number of unbranched alkanes of at least 4 members (excludes halogenated alkanes) is 3. The highest BCUT2D eigenvalue weighted by Gasteiger charge is 2.31. The molecular formula is C31H45NO2S. The van der Waals surface area contributed by atoms with Gasteiger partial charge >= 0.3 is 0 Å². The Balaban J connectivity index is 2.12. The van der Waals surface area contributed by atoms with E-state index in [2.05, 4.69) is 13.8 Å². The summed E-state index contributed by atoms with van der Waals surface area (Å²) in [5.74, 6) is 0.512. The summed E-state index contributed by atoms with van der Waals surface area (Å²) < 4.78 is 30.2. The van der Waals surface area contributed by atoms with E-state index in [1.54, 1.807) is 16.4 Å². The topological polar surface area (TPSA) is 37.4 Å². The molecular weight excluding hydrogens is 450 g/mol. The monoisotopic (exact) mass is 495 g/mol. The zero-order valence-electron chi connectivity index (χ0n) is 22.1. The van der Waals surface area contributed by atoms with Crippen molar-refractivity contribution in [2.45, 2.75) is 109 Å². The molecule has 0 N–H and O–H groups in total. The first kappa shape index (κ1) is 27.5. The number of aryl methyl sites for hydroxylation is 1. The van der Waals surface area contributed by atoms with E-state index < -0.39 is 10.0 Å². The predicted molar refractivity (Wildman–Crippen MR) is 148 cm³/mol. The van der Waals surface area contributed by atoms with Crippen LogP contribution in [0.2, 0.25) is 0 Å². The van der Waals surface area contributed by atoms with Crippen molar-refractivity contribution in [2.24, 2.45) is 5.92 Å². The highest BCUT2D eigenvalue weighted by atomic mass is 32.2. The van der Waals surface area contributed by atoms with E-state index in [1.165, 1.54) is 56.9 Å². The summed E-state index contributed by atoms with van der Waals surface area (Å²) in [6.45, 7) is 6.81. The van der Waals surface area contributed by atoms with Crippen LogP contribution in [0.15, 0.2) is 70.8 Å². The molecule has 192 valence electrons. The quantitative estimate of drug-likeness (QED) is 0.260. The summed E-state index contributed by atoms with van der Waals surface area (Å²) in [7, 11) is -3.68. The van der Waals surface area contributed by atoms with Gasteiger partial charge in [-0.1, -0.05) is 107 Å². The lowest BCUT2D eigenvalue weighted by Gasteiger charge is -2.34. The number of sulfonamides is 1. The molecule has 0 bridgehead atoms. The van der Waals surface area contributed by atoms with E-state index in [9.17, 15) is 8.42 Å². The van der Waals surface area contributed by atoms with E-state index in [0.29, 0.717) is 17.4 Å². The zero-order chi connectivity index (χ0) is 25.1. The van der Waals surface area contributed by atoms with Crippen LogP contribution in [0.3, 0.4) is 0 Å². The van der Waals surface area contributed by atoms with Gasteiger partial charge < -0.3 is 0 Å². The van der Waals surface area contributed by atoms with Gasteiger partial charge in [-0.05, 0) is 68.2 Å². The van der Waals surface area contributed by atoms with Crippen LogP contribution in [0.1, 0.15) is 102 Å². The molecule has 2 aromatic rings. The number of rotatable bonds is 13. The van der Waals surface area contributed by atoms with Gasteiger partial charge in [0.25, 0.3) is 10.0 Å². The van der Waals surface area contributed by atoms with Gasteiger partial charge in [0.1, 0.15) is 0 Å². The molecule has 0 saturated heterocycles. The Bertz CT molecular complexity index is 1020. The molecule has 1 aliphatic carbocycles. The van der Waals surface area contributed by atoms with Crippen LogP contribution < -0.4 is 0 Å². The molecule has 3 nitrogen and oxygen atoms in total. The minimum absolute atomic E-state index is 0.386. The van der Waals surface area contributed by atoms with Gasteiger partial charge in [0.2, 0.25) is 0 Å². The van der Waals surface area contributed by atoms with E-state index in [4.69, 9.17) is 0 Å². The molecule has 0 unspecified atom stereocenters. The van der Waals surface area contributed by atoms with Crippen molar-refractivity contribution in [3.8, 4) is 0 Å². The van der Waals surface area contributed by atoms with Crippen molar-refractivity contribution in [3.63, 3.8) is 0 Å². The van der Waals surface area contributed by atoms with Crippen molar-refractivity contribution in [1.29, 1.82) is 0 Å². The van der Waals surface area contributed by atoms with E-state index in [0.717, 1.165) is 42.5 Å². The predicted octanol–water partition coefficient (Wildman–Crippen LogP) is 8.79. The summed E-state index contributed by atoms with van der Waals surface area (Å²) in [6, 6.07) is 17.4.